The molecule has 23 heavy (non-hydrogen) atoms. The third-order valence-electron chi connectivity index (χ3n) is 3.31. The van der Waals surface area contributed by atoms with Gasteiger partial charge in [0.05, 0.1) is 13.1 Å². The molecule has 3 aromatic rings. The zero-order valence-electron chi connectivity index (χ0n) is 12.1. The van der Waals surface area contributed by atoms with E-state index in [1.54, 1.807) is 23.5 Å². The summed E-state index contributed by atoms with van der Waals surface area (Å²) in [6, 6.07) is 10.9. The zero-order valence-corrected chi connectivity index (χ0v) is 12.9. The summed E-state index contributed by atoms with van der Waals surface area (Å²) >= 11 is 1.59. The Hall–Kier alpha value is -2.67. The molecule has 0 bridgehead atoms. The first kappa shape index (κ1) is 15.2. The fourth-order valence-corrected chi connectivity index (χ4v) is 2.78. The number of thiophene rings is 1. The maximum absolute atomic E-state index is 12.9. The fraction of sp³-hybridized carbons (Fsp3) is 0.125. The van der Waals surface area contributed by atoms with Crippen LogP contribution in [0.3, 0.4) is 0 Å². The Morgan fingerprint density at radius 2 is 1.96 bits per heavy atom. The third-order valence-corrected chi connectivity index (χ3v) is 4.18. The monoisotopic (exact) mass is 331 g/mol. The Balaban J connectivity index is 1.78. The van der Waals surface area contributed by atoms with Gasteiger partial charge in [-0.05, 0) is 29.1 Å². The van der Waals surface area contributed by atoms with Crippen LogP contribution in [0, 0.1) is 5.82 Å². The van der Waals surface area contributed by atoms with Gasteiger partial charge in [0.25, 0.3) is 5.56 Å². The number of hydrogen-bond donors (Lipinski definition) is 2. The van der Waals surface area contributed by atoms with E-state index in [9.17, 15) is 14.0 Å². The predicted molar refractivity (Wildman–Crippen MR) is 88.5 cm³/mol. The highest BCUT2D eigenvalue weighted by atomic mass is 32.1. The molecule has 2 N–H and O–H groups in total. The largest absolute Gasteiger partial charge is 0.366 e. The second kappa shape index (κ2) is 6.62. The second-order valence-electron chi connectivity index (χ2n) is 4.97. The first-order chi connectivity index (χ1) is 11.1. The predicted octanol–water partition coefficient (Wildman–Crippen LogP) is 2.40. The molecule has 0 spiro atoms. The lowest BCUT2D eigenvalue weighted by Crippen LogP contribution is -2.35. The van der Waals surface area contributed by atoms with Crippen LogP contribution >= 0.6 is 11.3 Å². The van der Waals surface area contributed by atoms with Crippen molar-refractivity contribution in [3.05, 3.63) is 84.9 Å². The summed E-state index contributed by atoms with van der Waals surface area (Å²) in [6.07, 6.45) is 0. The molecule has 0 aliphatic heterocycles. The smallest absolute Gasteiger partial charge is 0.330 e. The number of aromatic amines is 1. The Labute approximate surface area is 135 Å². The summed E-state index contributed by atoms with van der Waals surface area (Å²) in [4.78, 5) is 28.0. The lowest BCUT2D eigenvalue weighted by molar-refractivity contribution is 0.625. The molecule has 0 aliphatic rings. The molecular weight excluding hydrogens is 317 g/mol. The van der Waals surface area contributed by atoms with Crippen molar-refractivity contribution >= 4 is 17.2 Å². The molecule has 0 aliphatic carbocycles. The number of nitrogens with one attached hydrogen (secondary N) is 2. The lowest BCUT2D eigenvalue weighted by atomic mass is 10.2. The third kappa shape index (κ3) is 3.75. The number of nitrogens with zero attached hydrogens (tertiary/aromatic N) is 1. The van der Waals surface area contributed by atoms with E-state index in [2.05, 4.69) is 10.3 Å². The van der Waals surface area contributed by atoms with E-state index in [0.717, 1.165) is 9.44 Å². The molecule has 2 heterocycles. The van der Waals surface area contributed by atoms with E-state index in [0.29, 0.717) is 17.9 Å². The molecule has 0 saturated carbocycles. The zero-order chi connectivity index (χ0) is 16.2. The molecule has 2 aromatic heterocycles. The highest BCUT2D eigenvalue weighted by Gasteiger charge is 2.06. The van der Waals surface area contributed by atoms with Crippen LogP contribution in [0.25, 0.3) is 0 Å². The van der Waals surface area contributed by atoms with Crippen molar-refractivity contribution in [3.63, 3.8) is 0 Å². The van der Waals surface area contributed by atoms with Crippen molar-refractivity contribution in [1.29, 1.82) is 0 Å². The van der Waals surface area contributed by atoms with Gasteiger partial charge in [0.2, 0.25) is 0 Å². The van der Waals surface area contributed by atoms with Crippen molar-refractivity contribution in [1.82, 2.24) is 9.55 Å². The standard InChI is InChI=1S/C16H14FN3O2S/c17-12-5-3-11(4-6-12)10-20-15(21)8-14(19-16(20)22)18-9-13-2-1-7-23-13/h1-8,18H,9-10H2,(H,19,22). The number of aromatic nitrogens is 2. The maximum Gasteiger partial charge on any atom is 0.330 e. The Morgan fingerprint density at radius 1 is 1.17 bits per heavy atom. The van der Waals surface area contributed by atoms with Gasteiger partial charge in [0, 0.05) is 10.9 Å². The minimum absolute atomic E-state index is 0.0969. The highest BCUT2D eigenvalue weighted by molar-refractivity contribution is 7.09. The van der Waals surface area contributed by atoms with E-state index >= 15 is 0 Å². The van der Waals surface area contributed by atoms with Gasteiger partial charge in [-0.15, -0.1) is 11.3 Å². The normalized spacial score (nSPS) is 10.7. The van der Waals surface area contributed by atoms with Crippen molar-refractivity contribution in [2.45, 2.75) is 13.1 Å². The number of benzene rings is 1. The van der Waals surface area contributed by atoms with Gasteiger partial charge in [0.1, 0.15) is 11.6 Å². The van der Waals surface area contributed by atoms with E-state index in [1.165, 1.54) is 18.2 Å². The fourth-order valence-electron chi connectivity index (χ4n) is 2.13. The van der Waals surface area contributed by atoms with Gasteiger partial charge >= 0.3 is 5.69 Å². The first-order valence-corrected chi connectivity index (χ1v) is 7.84. The second-order valence-corrected chi connectivity index (χ2v) is 6.00. The number of anilines is 1. The molecule has 0 atom stereocenters. The molecule has 0 radical (unpaired) electrons. The minimum atomic E-state index is -0.504. The maximum atomic E-state index is 12.9. The van der Waals surface area contributed by atoms with Crippen LogP contribution in [0.4, 0.5) is 10.2 Å². The quantitative estimate of drug-likeness (QED) is 0.754. The lowest BCUT2D eigenvalue weighted by Gasteiger charge is -2.08. The molecule has 7 heteroatoms. The Bertz CT molecular complexity index is 867. The topological polar surface area (TPSA) is 66.9 Å². The van der Waals surface area contributed by atoms with Gasteiger partial charge in [-0.3, -0.25) is 14.3 Å². The first-order valence-electron chi connectivity index (χ1n) is 6.97. The van der Waals surface area contributed by atoms with Crippen molar-refractivity contribution < 1.29 is 4.39 Å². The van der Waals surface area contributed by atoms with E-state index in [1.807, 2.05) is 17.5 Å². The van der Waals surface area contributed by atoms with Gasteiger partial charge in [0.15, 0.2) is 0 Å². The van der Waals surface area contributed by atoms with Gasteiger partial charge in [-0.25, -0.2) is 9.18 Å². The average Bonchev–Trinajstić information content (AvgIpc) is 3.04. The Kier molecular flexibility index (Phi) is 4.38. The summed E-state index contributed by atoms with van der Waals surface area (Å²) in [7, 11) is 0. The minimum Gasteiger partial charge on any atom is -0.366 e. The Morgan fingerprint density at radius 3 is 2.61 bits per heavy atom. The summed E-state index contributed by atoms with van der Waals surface area (Å²) < 4.78 is 14.0. The summed E-state index contributed by atoms with van der Waals surface area (Å²) in [5.41, 5.74) is -0.236. The molecule has 3 rings (SSSR count). The van der Waals surface area contributed by atoms with Gasteiger partial charge < -0.3 is 5.32 Å². The number of rotatable bonds is 5. The van der Waals surface area contributed by atoms with Crippen molar-refractivity contribution in [2.75, 3.05) is 5.32 Å². The molecule has 0 unspecified atom stereocenters. The van der Waals surface area contributed by atoms with E-state index in [4.69, 9.17) is 0 Å². The SMILES string of the molecule is O=c1cc(NCc2cccs2)[nH]c(=O)n1Cc1ccc(F)cc1. The van der Waals surface area contributed by atoms with Crippen LogP contribution in [-0.2, 0) is 13.1 Å². The van der Waals surface area contributed by atoms with Crippen LogP contribution in [-0.4, -0.2) is 9.55 Å². The molecule has 0 saturated heterocycles. The molecule has 0 amide bonds. The molecule has 118 valence electrons. The highest BCUT2D eigenvalue weighted by Crippen LogP contribution is 2.10. The number of H-pyrrole nitrogens is 1. The summed E-state index contributed by atoms with van der Waals surface area (Å²) in [5, 5.41) is 4.98. The van der Waals surface area contributed by atoms with Crippen LogP contribution in [0.15, 0.2) is 57.4 Å². The van der Waals surface area contributed by atoms with Crippen LogP contribution < -0.4 is 16.6 Å². The number of hydrogen-bond acceptors (Lipinski definition) is 4. The molecule has 5 nitrogen and oxygen atoms in total. The van der Waals surface area contributed by atoms with Crippen molar-refractivity contribution in [3.8, 4) is 0 Å². The molecular formula is C16H14FN3O2S. The van der Waals surface area contributed by atoms with E-state index in [-0.39, 0.29) is 12.4 Å². The van der Waals surface area contributed by atoms with Crippen LogP contribution in [0.5, 0.6) is 0 Å². The molecule has 1 aromatic carbocycles. The van der Waals surface area contributed by atoms with Crippen LogP contribution in [0.2, 0.25) is 0 Å². The van der Waals surface area contributed by atoms with Gasteiger partial charge in [-0.2, -0.15) is 0 Å². The summed E-state index contributed by atoms with van der Waals surface area (Å²) in [6.45, 7) is 0.634. The van der Waals surface area contributed by atoms with Crippen molar-refractivity contribution in [2.24, 2.45) is 0 Å². The number of halogens is 1. The van der Waals surface area contributed by atoms with Gasteiger partial charge in [-0.1, -0.05) is 18.2 Å². The molecule has 0 fully saturated rings. The summed E-state index contributed by atoms with van der Waals surface area (Å²) in [5.74, 6) is 0.0203. The van der Waals surface area contributed by atoms with E-state index < -0.39 is 11.2 Å². The van der Waals surface area contributed by atoms with Crippen LogP contribution in [0.1, 0.15) is 10.4 Å². The average molecular weight is 331 g/mol.